The van der Waals surface area contributed by atoms with Crippen molar-refractivity contribution in [2.24, 2.45) is 5.92 Å². The Morgan fingerprint density at radius 2 is 2.12 bits per heavy atom. The number of benzene rings is 1. The molecule has 0 spiro atoms. The van der Waals surface area contributed by atoms with Crippen molar-refractivity contribution in [1.29, 1.82) is 0 Å². The molecule has 0 aromatic heterocycles. The first-order valence-corrected chi connectivity index (χ1v) is 6.68. The van der Waals surface area contributed by atoms with Crippen LogP contribution < -0.4 is 0 Å². The monoisotopic (exact) mass is 251 g/mol. The first-order chi connectivity index (χ1) is 8.20. The largest absolute Gasteiger partial charge is 0.338 e. The highest BCUT2D eigenvalue weighted by molar-refractivity contribution is 6.17. The molecule has 0 bridgehead atoms. The van der Waals surface area contributed by atoms with E-state index in [4.69, 9.17) is 11.6 Å². The fourth-order valence-corrected chi connectivity index (χ4v) is 2.47. The van der Waals surface area contributed by atoms with Crippen LogP contribution in [-0.4, -0.2) is 23.9 Å². The summed E-state index contributed by atoms with van der Waals surface area (Å²) in [6.45, 7) is 3.98. The van der Waals surface area contributed by atoms with Gasteiger partial charge in [0.1, 0.15) is 0 Å². The molecule has 0 aliphatic carbocycles. The van der Waals surface area contributed by atoms with E-state index in [1.54, 1.807) is 0 Å². The van der Waals surface area contributed by atoms with Gasteiger partial charge in [0.25, 0.3) is 5.91 Å². The summed E-state index contributed by atoms with van der Waals surface area (Å²) in [5.74, 6) is 1.27. The molecule has 0 saturated carbocycles. The Morgan fingerprint density at radius 1 is 1.41 bits per heavy atom. The Bertz CT molecular complexity index is 388. The standard InChI is InChI=1S/C14H18ClNO/c1-11-3-2-8-16(10-11)14(17)13-6-4-12(9-15)5-7-13/h4-7,11H,2-3,8-10H2,1H3. The van der Waals surface area contributed by atoms with Crippen LogP contribution in [0.1, 0.15) is 35.7 Å². The van der Waals surface area contributed by atoms with Gasteiger partial charge in [0.15, 0.2) is 0 Å². The maximum absolute atomic E-state index is 12.2. The number of hydrogen-bond donors (Lipinski definition) is 0. The van der Waals surface area contributed by atoms with Crippen LogP contribution in [0.15, 0.2) is 24.3 Å². The molecule has 0 N–H and O–H groups in total. The van der Waals surface area contributed by atoms with Crippen LogP contribution in [0.5, 0.6) is 0 Å². The molecule has 1 aliphatic heterocycles. The van der Waals surface area contributed by atoms with Crippen LogP contribution in [-0.2, 0) is 5.88 Å². The minimum absolute atomic E-state index is 0.151. The fourth-order valence-electron chi connectivity index (χ4n) is 2.29. The number of halogens is 1. The molecule has 0 radical (unpaired) electrons. The maximum Gasteiger partial charge on any atom is 0.253 e. The second-order valence-electron chi connectivity index (χ2n) is 4.83. The Balaban J connectivity index is 2.07. The molecular formula is C14H18ClNO. The summed E-state index contributed by atoms with van der Waals surface area (Å²) >= 11 is 5.73. The third-order valence-corrected chi connectivity index (χ3v) is 3.61. The third kappa shape index (κ3) is 3.01. The Kier molecular flexibility index (Phi) is 4.06. The van der Waals surface area contributed by atoms with E-state index in [-0.39, 0.29) is 5.91 Å². The predicted octanol–water partition coefficient (Wildman–Crippen LogP) is 3.30. The summed E-state index contributed by atoms with van der Waals surface area (Å²) in [5.41, 5.74) is 1.82. The van der Waals surface area contributed by atoms with Crippen molar-refractivity contribution in [1.82, 2.24) is 4.90 Å². The molecular weight excluding hydrogens is 234 g/mol. The SMILES string of the molecule is CC1CCCN(C(=O)c2ccc(CCl)cc2)C1. The lowest BCUT2D eigenvalue weighted by Crippen LogP contribution is -2.39. The second kappa shape index (κ2) is 5.54. The van der Waals surface area contributed by atoms with Gasteiger partial charge in [-0.25, -0.2) is 0 Å². The molecule has 3 heteroatoms. The van der Waals surface area contributed by atoms with Gasteiger partial charge in [-0.15, -0.1) is 11.6 Å². The fraction of sp³-hybridized carbons (Fsp3) is 0.500. The predicted molar refractivity (Wildman–Crippen MR) is 70.3 cm³/mol. The number of alkyl halides is 1. The van der Waals surface area contributed by atoms with E-state index < -0.39 is 0 Å². The molecule has 92 valence electrons. The van der Waals surface area contributed by atoms with E-state index in [0.717, 1.165) is 30.6 Å². The summed E-state index contributed by atoms with van der Waals surface area (Å²) in [5, 5.41) is 0. The second-order valence-corrected chi connectivity index (χ2v) is 5.10. The van der Waals surface area contributed by atoms with Crippen molar-refractivity contribution in [3.63, 3.8) is 0 Å². The Morgan fingerprint density at radius 3 is 2.71 bits per heavy atom. The molecule has 17 heavy (non-hydrogen) atoms. The number of nitrogens with zero attached hydrogens (tertiary/aromatic N) is 1. The number of likely N-dealkylation sites (tertiary alicyclic amines) is 1. The molecule has 2 rings (SSSR count). The lowest BCUT2D eigenvalue weighted by molar-refractivity contribution is 0.0683. The third-order valence-electron chi connectivity index (χ3n) is 3.30. The average Bonchev–Trinajstić information content (AvgIpc) is 2.38. The minimum Gasteiger partial charge on any atom is -0.338 e. The van der Waals surface area contributed by atoms with Gasteiger partial charge in [0, 0.05) is 24.5 Å². The quantitative estimate of drug-likeness (QED) is 0.739. The highest BCUT2D eigenvalue weighted by Crippen LogP contribution is 2.18. The summed E-state index contributed by atoms with van der Waals surface area (Å²) in [6.07, 6.45) is 2.35. The van der Waals surface area contributed by atoms with Gasteiger partial charge in [-0.05, 0) is 36.5 Å². The number of hydrogen-bond acceptors (Lipinski definition) is 1. The van der Waals surface area contributed by atoms with E-state index in [2.05, 4.69) is 6.92 Å². The number of carbonyl (C=O) groups is 1. The van der Waals surface area contributed by atoms with Crippen molar-refractivity contribution < 1.29 is 4.79 Å². The topological polar surface area (TPSA) is 20.3 Å². The summed E-state index contributed by atoms with van der Waals surface area (Å²) in [4.78, 5) is 14.2. The van der Waals surface area contributed by atoms with Crippen molar-refractivity contribution in [3.8, 4) is 0 Å². The zero-order valence-corrected chi connectivity index (χ0v) is 10.9. The molecule has 1 aromatic rings. The number of amides is 1. The zero-order valence-electron chi connectivity index (χ0n) is 10.2. The van der Waals surface area contributed by atoms with Gasteiger partial charge in [-0.2, -0.15) is 0 Å². The molecule has 1 heterocycles. The smallest absolute Gasteiger partial charge is 0.253 e. The minimum atomic E-state index is 0.151. The van der Waals surface area contributed by atoms with Gasteiger partial charge >= 0.3 is 0 Å². The van der Waals surface area contributed by atoms with E-state index in [1.165, 1.54) is 6.42 Å². The van der Waals surface area contributed by atoms with Crippen molar-refractivity contribution in [2.75, 3.05) is 13.1 Å². The highest BCUT2D eigenvalue weighted by atomic mass is 35.5. The molecule has 1 aromatic carbocycles. The van der Waals surface area contributed by atoms with Crippen LogP contribution in [0.3, 0.4) is 0 Å². The molecule has 1 aliphatic rings. The lowest BCUT2D eigenvalue weighted by Gasteiger charge is -2.31. The van der Waals surface area contributed by atoms with Crippen LogP contribution >= 0.6 is 11.6 Å². The van der Waals surface area contributed by atoms with E-state index in [1.807, 2.05) is 29.2 Å². The molecule has 1 saturated heterocycles. The number of carbonyl (C=O) groups excluding carboxylic acids is 1. The van der Waals surface area contributed by atoms with E-state index in [0.29, 0.717) is 11.8 Å². The Hall–Kier alpha value is -1.02. The van der Waals surface area contributed by atoms with Crippen molar-refractivity contribution in [3.05, 3.63) is 35.4 Å². The number of rotatable bonds is 2. The maximum atomic E-state index is 12.2. The van der Waals surface area contributed by atoms with Gasteiger partial charge in [0.05, 0.1) is 0 Å². The van der Waals surface area contributed by atoms with Gasteiger partial charge < -0.3 is 4.90 Å². The lowest BCUT2D eigenvalue weighted by atomic mass is 9.99. The molecule has 1 atom stereocenters. The van der Waals surface area contributed by atoms with E-state index in [9.17, 15) is 4.79 Å². The summed E-state index contributed by atoms with van der Waals surface area (Å²) < 4.78 is 0. The highest BCUT2D eigenvalue weighted by Gasteiger charge is 2.21. The molecule has 1 unspecified atom stereocenters. The zero-order chi connectivity index (χ0) is 12.3. The molecule has 1 fully saturated rings. The van der Waals surface area contributed by atoms with Crippen LogP contribution in [0.4, 0.5) is 0 Å². The van der Waals surface area contributed by atoms with Crippen molar-refractivity contribution in [2.45, 2.75) is 25.6 Å². The van der Waals surface area contributed by atoms with E-state index >= 15 is 0 Å². The molecule has 1 amide bonds. The van der Waals surface area contributed by atoms with Gasteiger partial charge in [0.2, 0.25) is 0 Å². The van der Waals surface area contributed by atoms with Crippen LogP contribution in [0.2, 0.25) is 0 Å². The molecule has 2 nitrogen and oxygen atoms in total. The normalized spacial score (nSPS) is 20.4. The average molecular weight is 252 g/mol. The van der Waals surface area contributed by atoms with Crippen LogP contribution in [0, 0.1) is 5.92 Å². The van der Waals surface area contributed by atoms with Gasteiger partial charge in [-0.3, -0.25) is 4.79 Å². The Labute approximate surface area is 108 Å². The van der Waals surface area contributed by atoms with Gasteiger partial charge in [-0.1, -0.05) is 19.1 Å². The van der Waals surface area contributed by atoms with Crippen molar-refractivity contribution >= 4 is 17.5 Å². The summed E-state index contributed by atoms with van der Waals surface area (Å²) in [6, 6.07) is 7.60. The first-order valence-electron chi connectivity index (χ1n) is 6.15. The van der Waals surface area contributed by atoms with Crippen LogP contribution in [0.25, 0.3) is 0 Å². The number of piperidine rings is 1. The summed E-state index contributed by atoms with van der Waals surface area (Å²) in [7, 11) is 0. The first kappa shape index (κ1) is 12.4.